The molecule has 0 bridgehead atoms. The number of hydrogen-bond acceptors (Lipinski definition) is 4. The Bertz CT molecular complexity index is 700. The Balaban J connectivity index is 1.75. The second-order valence-corrected chi connectivity index (χ2v) is 6.17. The summed E-state index contributed by atoms with van der Waals surface area (Å²) in [6.07, 6.45) is 0. The number of nitrogens with zero attached hydrogens (tertiary/aromatic N) is 1. The second-order valence-electron chi connectivity index (χ2n) is 5.39. The normalized spacial score (nSPS) is 17.8. The molecular weight excluding hydrogens is 312 g/mol. The highest BCUT2D eigenvalue weighted by molar-refractivity contribution is 7.08. The number of ether oxygens (including phenoxy) is 1. The monoisotopic (exact) mass is 330 g/mol. The van der Waals surface area contributed by atoms with E-state index in [1.165, 1.54) is 6.92 Å². The topological polar surface area (TPSA) is 58.6 Å². The average molecular weight is 330 g/mol. The summed E-state index contributed by atoms with van der Waals surface area (Å²) in [6.45, 7) is 2.62. The van der Waals surface area contributed by atoms with Crippen LogP contribution in [0.3, 0.4) is 0 Å². The molecule has 1 N–H and O–H groups in total. The number of amides is 2. The van der Waals surface area contributed by atoms with Crippen molar-refractivity contribution in [2.75, 3.05) is 25.1 Å². The fourth-order valence-electron chi connectivity index (χ4n) is 2.63. The lowest BCUT2D eigenvalue weighted by Gasteiger charge is -2.33. The number of hydrogen-bond donors (Lipinski definition) is 1. The fraction of sp³-hybridized carbons (Fsp3) is 0.294. The quantitative estimate of drug-likeness (QED) is 0.941. The minimum Gasteiger partial charge on any atom is -0.377 e. The molecule has 1 saturated heterocycles. The van der Waals surface area contributed by atoms with Gasteiger partial charge in [-0.2, -0.15) is 11.3 Å². The summed E-state index contributed by atoms with van der Waals surface area (Å²) in [5.74, 6) is -0.331. The third-order valence-corrected chi connectivity index (χ3v) is 4.50. The molecule has 3 rings (SSSR count). The summed E-state index contributed by atoms with van der Waals surface area (Å²) in [7, 11) is 0. The van der Waals surface area contributed by atoms with Gasteiger partial charge in [-0.1, -0.05) is 12.1 Å². The molecule has 0 aliphatic carbocycles. The van der Waals surface area contributed by atoms with Gasteiger partial charge >= 0.3 is 0 Å². The SMILES string of the molecule is CC(=O)N1CCOC[C@@H]1C(=O)Nc1cccc(-c2ccsc2)c1. The molecule has 0 saturated carbocycles. The van der Waals surface area contributed by atoms with Crippen molar-refractivity contribution in [1.82, 2.24) is 4.90 Å². The van der Waals surface area contributed by atoms with Gasteiger partial charge in [-0.3, -0.25) is 9.59 Å². The maximum atomic E-state index is 12.5. The zero-order valence-corrected chi connectivity index (χ0v) is 13.6. The minimum atomic E-state index is -0.578. The maximum Gasteiger partial charge on any atom is 0.249 e. The molecule has 0 radical (unpaired) electrons. The van der Waals surface area contributed by atoms with E-state index in [9.17, 15) is 9.59 Å². The highest BCUT2D eigenvalue weighted by Gasteiger charge is 2.31. The second kappa shape index (κ2) is 6.93. The lowest BCUT2D eigenvalue weighted by atomic mass is 10.1. The molecule has 23 heavy (non-hydrogen) atoms. The molecular formula is C17H18N2O3S. The number of nitrogens with one attached hydrogen (secondary N) is 1. The first-order chi connectivity index (χ1) is 11.1. The van der Waals surface area contributed by atoms with Crippen LogP contribution in [0.25, 0.3) is 11.1 Å². The number of carbonyl (C=O) groups excluding carboxylic acids is 2. The molecule has 0 unspecified atom stereocenters. The van der Waals surface area contributed by atoms with Gasteiger partial charge in [-0.15, -0.1) is 0 Å². The van der Waals surface area contributed by atoms with Gasteiger partial charge in [0, 0.05) is 19.2 Å². The lowest BCUT2D eigenvalue weighted by molar-refractivity contribution is -0.144. The highest BCUT2D eigenvalue weighted by atomic mass is 32.1. The van der Waals surface area contributed by atoms with E-state index in [1.54, 1.807) is 16.2 Å². The smallest absolute Gasteiger partial charge is 0.249 e. The Morgan fingerprint density at radius 2 is 2.17 bits per heavy atom. The van der Waals surface area contributed by atoms with Crippen molar-refractivity contribution in [3.63, 3.8) is 0 Å². The first-order valence-corrected chi connectivity index (χ1v) is 8.38. The van der Waals surface area contributed by atoms with Crippen LogP contribution in [-0.4, -0.2) is 42.5 Å². The number of carbonyl (C=O) groups is 2. The van der Waals surface area contributed by atoms with Gasteiger partial charge in [0.2, 0.25) is 11.8 Å². The van der Waals surface area contributed by atoms with Crippen molar-refractivity contribution in [2.24, 2.45) is 0 Å². The Morgan fingerprint density at radius 3 is 2.91 bits per heavy atom. The predicted molar refractivity (Wildman–Crippen MR) is 90.4 cm³/mol. The molecule has 1 atom stereocenters. The average Bonchev–Trinajstić information content (AvgIpc) is 3.09. The molecule has 2 heterocycles. The fourth-order valence-corrected chi connectivity index (χ4v) is 3.29. The molecule has 1 fully saturated rings. The van der Waals surface area contributed by atoms with Gasteiger partial charge in [0.15, 0.2) is 0 Å². The third kappa shape index (κ3) is 3.60. The summed E-state index contributed by atoms with van der Waals surface area (Å²) in [5.41, 5.74) is 2.89. The zero-order chi connectivity index (χ0) is 16.2. The van der Waals surface area contributed by atoms with E-state index >= 15 is 0 Å². The number of rotatable bonds is 3. The first kappa shape index (κ1) is 15.7. The summed E-state index contributed by atoms with van der Waals surface area (Å²) in [5, 5.41) is 6.97. The molecule has 2 amide bonds. The molecule has 1 aliphatic rings. The lowest BCUT2D eigenvalue weighted by Crippen LogP contribution is -2.53. The number of morpholine rings is 1. The Morgan fingerprint density at radius 1 is 1.30 bits per heavy atom. The molecule has 0 spiro atoms. The van der Waals surface area contributed by atoms with Crippen LogP contribution in [0.5, 0.6) is 0 Å². The van der Waals surface area contributed by atoms with Gasteiger partial charge < -0.3 is 15.0 Å². The molecule has 6 heteroatoms. The largest absolute Gasteiger partial charge is 0.377 e. The van der Waals surface area contributed by atoms with Crippen molar-refractivity contribution in [3.8, 4) is 11.1 Å². The van der Waals surface area contributed by atoms with Crippen molar-refractivity contribution in [3.05, 3.63) is 41.1 Å². The van der Waals surface area contributed by atoms with E-state index in [0.29, 0.717) is 18.8 Å². The van der Waals surface area contributed by atoms with Crippen LogP contribution in [0.15, 0.2) is 41.1 Å². The number of benzene rings is 1. The Kier molecular flexibility index (Phi) is 4.73. The van der Waals surface area contributed by atoms with E-state index in [-0.39, 0.29) is 18.4 Å². The molecule has 1 aromatic heterocycles. The van der Waals surface area contributed by atoms with Crippen LogP contribution < -0.4 is 5.32 Å². The van der Waals surface area contributed by atoms with E-state index < -0.39 is 6.04 Å². The van der Waals surface area contributed by atoms with Gasteiger partial charge in [0.05, 0.1) is 13.2 Å². The Hall–Kier alpha value is -2.18. The molecule has 5 nitrogen and oxygen atoms in total. The molecule has 120 valence electrons. The van der Waals surface area contributed by atoms with Crippen molar-refractivity contribution in [2.45, 2.75) is 13.0 Å². The number of thiophene rings is 1. The maximum absolute atomic E-state index is 12.5. The van der Waals surface area contributed by atoms with Gasteiger partial charge in [-0.25, -0.2) is 0 Å². The molecule has 1 aromatic carbocycles. The summed E-state index contributed by atoms with van der Waals surface area (Å²) in [6, 6.07) is 9.15. The summed E-state index contributed by atoms with van der Waals surface area (Å²) < 4.78 is 5.35. The molecule has 2 aromatic rings. The van der Waals surface area contributed by atoms with Crippen LogP contribution in [0.4, 0.5) is 5.69 Å². The van der Waals surface area contributed by atoms with Gasteiger partial charge in [0.1, 0.15) is 6.04 Å². The van der Waals surface area contributed by atoms with E-state index in [1.807, 2.05) is 35.7 Å². The summed E-state index contributed by atoms with van der Waals surface area (Å²) in [4.78, 5) is 25.7. The summed E-state index contributed by atoms with van der Waals surface area (Å²) >= 11 is 1.63. The third-order valence-electron chi connectivity index (χ3n) is 3.82. The molecule has 1 aliphatic heterocycles. The standard InChI is InChI=1S/C17H18N2O3S/c1-12(20)19-6-7-22-10-16(19)17(21)18-15-4-2-3-13(9-15)14-5-8-23-11-14/h2-5,8-9,11,16H,6-7,10H2,1H3,(H,18,21)/t16-/m1/s1. The van der Waals surface area contributed by atoms with Crippen molar-refractivity contribution in [1.29, 1.82) is 0 Å². The first-order valence-electron chi connectivity index (χ1n) is 7.43. The van der Waals surface area contributed by atoms with Crippen molar-refractivity contribution >= 4 is 28.8 Å². The van der Waals surface area contributed by atoms with Crippen LogP contribution in [-0.2, 0) is 14.3 Å². The van der Waals surface area contributed by atoms with E-state index in [0.717, 1.165) is 11.1 Å². The van der Waals surface area contributed by atoms with Gasteiger partial charge in [0.25, 0.3) is 0 Å². The Labute approximate surface area is 138 Å². The highest BCUT2D eigenvalue weighted by Crippen LogP contribution is 2.25. The van der Waals surface area contributed by atoms with Gasteiger partial charge in [-0.05, 0) is 40.1 Å². The van der Waals surface area contributed by atoms with Crippen molar-refractivity contribution < 1.29 is 14.3 Å². The zero-order valence-electron chi connectivity index (χ0n) is 12.8. The number of anilines is 1. The van der Waals surface area contributed by atoms with Crippen LogP contribution in [0, 0.1) is 0 Å². The predicted octanol–water partition coefficient (Wildman–Crippen LogP) is 2.60. The minimum absolute atomic E-state index is 0.111. The van der Waals surface area contributed by atoms with E-state index in [4.69, 9.17) is 4.74 Å². The van der Waals surface area contributed by atoms with Crippen LogP contribution >= 0.6 is 11.3 Å². The van der Waals surface area contributed by atoms with E-state index in [2.05, 4.69) is 10.7 Å². The van der Waals surface area contributed by atoms with Crippen LogP contribution in [0.1, 0.15) is 6.92 Å². The van der Waals surface area contributed by atoms with Crippen LogP contribution in [0.2, 0.25) is 0 Å².